The van der Waals surface area contributed by atoms with Crippen molar-refractivity contribution < 1.29 is 32.9 Å². The average molecular weight is 1140 g/mol. The van der Waals surface area contributed by atoms with E-state index in [0.717, 1.165) is 44.9 Å². The lowest BCUT2D eigenvalue weighted by atomic mass is 10.0. The molecule has 3 atom stereocenters. The van der Waals surface area contributed by atoms with E-state index in [-0.39, 0.29) is 19.1 Å². The summed E-state index contributed by atoms with van der Waals surface area (Å²) in [6, 6.07) is -0.798. The van der Waals surface area contributed by atoms with E-state index in [0.29, 0.717) is 23.9 Å². The first-order chi connectivity index (χ1) is 38.5. The first kappa shape index (κ1) is 78.0. The molecule has 0 heterocycles. The molecule has 1 amide bonds. The zero-order chi connectivity index (χ0) is 57.7. The molecule has 0 rings (SSSR count). The summed E-state index contributed by atoms with van der Waals surface area (Å²) in [7, 11) is 1.33. The molecule has 0 aliphatic rings. The van der Waals surface area contributed by atoms with E-state index in [1.54, 1.807) is 0 Å². The first-order valence-corrected chi connectivity index (χ1v) is 36.6. The molecule has 470 valence electrons. The molecule has 0 radical (unpaired) electrons. The van der Waals surface area contributed by atoms with E-state index in [1.165, 1.54) is 295 Å². The first-order valence-electron chi connectivity index (χ1n) is 35.2. The number of phosphoric acid groups is 1. The summed E-state index contributed by atoms with van der Waals surface area (Å²) >= 11 is 0. The van der Waals surface area contributed by atoms with Crippen LogP contribution in [-0.2, 0) is 18.4 Å². The number of nitrogens with zero attached hydrogens (tertiary/aromatic N) is 1. The number of amides is 1. The minimum absolute atomic E-state index is 0.0155. The van der Waals surface area contributed by atoms with Crippen LogP contribution < -0.4 is 10.2 Å². The van der Waals surface area contributed by atoms with Crippen molar-refractivity contribution in [3.05, 3.63) is 24.3 Å². The fraction of sp³-hybridized carbons (Fsp3) is 0.929. The molecule has 0 aliphatic carbocycles. The maximum Gasteiger partial charge on any atom is 0.268 e. The lowest BCUT2D eigenvalue weighted by Gasteiger charge is -2.30. The fourth-order valence-electron chi connectivity index (χ4n) is 11.0. The Kier molecular flexibility index (Phi) is 60.7. The minimum atomic E-state index is -4.57. The monoisotopic (exact) mass is 1140 g/mol. The average Bonchev–Trinajstić information content (AvgIpc) is 3.42. The van der Waals surface area contributed by atoms with Gasteiger partial charge in [-0.3, -0.25) is 9.36 Å². The van der Waals surface area contributed by atoms with Crippen molar-refractivity contribution in [2.24, 2.45) is 0 Å². The third-order valence-corrected chi connectivity index (χ3v) is 17.4. The van der Waals surface area contributed by atoms with Crippen molar-refractivity contribution in [1.29, 1.82) is 0 Å². The number of aliphatic hydroxyl groups is 1. The number of allylic oxidation sites excluding steroid dienone is 4. The van der Waals surface area contributed by atoms with Crippen molar-refractivity contribution >= 4 is 13.7 Å². The van der Waals surface area contributed by atoms with Gasteiger partial charge in [-0.2, -0.15) is 0 Å². The van der Waals surface area contributed by atoms with E-state index >= 15 is 0 Å². The van der Waals surface area contributed by atoms with Gasteiger partial charge < -0.3 is 28.8 Å². The van der Waals surface area contributed by atoms with Crippen LogP contribution in [0.2, 0.25) is 0 Å². The van der Waals surface area contributed by atoms with Crippen molar-refractivity contribution in [2.45, 2.75) is 379 Å². The van der Waals surface area contributed by atoms with Crippen LogP contribution in [0.4, 0.5) is 0 Å². The van der Waals surface area contributed by atoms with Crippen molar-refractivity contribution in [1.82, 2.24) is 5.32 Å². The smallest absolute Gasteiger partial charge is 0.268 e. The van der Waals surface area contributed by atoms with Gasteiger partial charge >= 0.3 is 0 Å². The summed E-state index contributed by atoms with van der Waals surface area (Å²) in [5, 5.41) is 14.1. The molecule has 3 unspecified atom stereocenters. The number of phosphoric ester groups is 1. The number of hydrogen-bond acceptors (Lipinski definition) is 6. The van der Waals surface area contributed by atoms with Crippen LogP contribution in [0, 0.1) is 0 Å². The Balaban J connectivity index is 3.92. The molecule has 0 aromatic heterocycles. The number of aliphatic hydroxyl groups excluding tert-OH is 1. The maximum absolute atomic E-state index is 13.0. The predicted octanol–water partition coefficient (Wildman–Crippen LogP) is 21.6. The standard InChI is InChI=1S/C70H139N2O6P/c1-6-8-10-12-14-16-18-20-22-24-26-28-29-30-31-32-33-34-35-36-37-38-39-40-41-42-43-44-46-48-50-52-54-56-58-60-62-64-70(74)71-68(67-78-79(75,76)77-66-65-72(3,4)5)69(73)63-61-59-57-55-53-51-49-47-45-27-25-23-21-19-17-15-13-11-9-7-2/h18,20,24,26,68-69,73H,6-17,19,21-23,25,27-67H2,1-5H3,(H-,71,74,75,76)/b20-18-,26-24-. The number of rotatable bonds is 66. The molecule has 0 aromatic rings. The molecule has 79 heavy (non-hydrogen) atoms. The second-order valence-corrected chi connectivity index (χ2v) is 27.0. The summed E-state index contributed by atoms with van der Waals surface area (Å²) in [4.78, 5) is 25.6. The highest BCUT2D eigenvalue weighted by molar-refractivity contribution is 7.45. The number of likely N-dealkylation sites (N-methyl/N-ethyl adjacent to an activating group) is 1. The third kappa shape index (κ3) is 64.4. The lowest BCUT2D eigenvalue weighted by molar-refractivity contribution is -0.870. The molecular weight excluding hydrogens is 996 g/mol. The number of hydrogen-bond donors (Lipinski definition) is 2. The van der Waals surface area contributed by atoms with Crippen LogP contribution in [-0.4, -0.2) is 68.5 Å². The minimum Gasteiger partial charge on any atom is -0.756 e. The van der Waals surface area contributed by atoms with E-state index in [2.05, 4.69) is 43.5 Å². The van der Waals surface area contributed by atoms with Crippen LogP contribution >= 0.6 is 7.82 Å². The Bertz CT molecular complexity index is 1340. The Hall–Kier alpha value is -1.02. The van der Waals surface area contributed by atoms with Crippen LogP contribution in [0.15, 0.2) is 24.3 Å². The number of carbonyl (C=O) groups excluding carboxylic acids is 1. The number of quaternary nitrogens is 1. The van der Waals surface area contributed by atoms with Gasteiger partial charge in [-0.05, 0) is 44.9 Å². The summed E-state index contributed by atoms with van der Waals surface area (Å²) in [5.74, 6) is -0.156. The lowest BCUT2D eigenvalue weighted by Crippen LogP contribution is -2.46. The molecule has 0 fully saturated rings. The van der Waals surface area contributed by atoms with Gasteiger partial charge in [0.15, 0.2) is 0 Å². The molecule has 2 N–H and O–H groups in total. The molecule has 8 nitrogen and oxygen atoms in total. The van der Waals surface area contributed by atoms with Crippen molar-refractivity contribution in [2.75, 3.05) is 40.9 Å². The molecule has 0 saturated carbocycles. The van der Waals surface area contributed by atoms with Gasteiger partial charge in [0.2, 0.25) is 5.91 Å². The van der Waals surface area contributed by atoms with Crippen molar-refractivity contribution in [3.8, 4) is 0 Å². The number of nitrogens with one attached hydrogen (secondary N) is 1. The summed E-state index contributed by atoms with van der Waals surface area (Å²) < 4.78 is 23.5. The number of carbonyl (C=O) groups is 1. The molecule has 0 saturated heterocycles. The molecule has 0 bridgehead atoms. The predicted molar refractivity (Wildman–Crippen MR) is 344 cm³/mol. The van der Waals surface area contributed by atoms with Gasteiger partial charge in [0.05, 0.1) is 39.9 Å². The summed E-state index contributed by atoms with van der Waals surface area (Å²) in [6.07, 6.45) is 79.8. The second-order valence-electron chi connectivity index (χ2n) is 25.6. The third-order valence-electron chi connectivity index (χ3n) is 16.4. The van der Waals surface area contributed by atoms with Crippen LogP contribution in [0.25, 0.3) is 0 Å². The van der Waals surface area contributed by atoms with Gasteiger partial charge in [0.25, 0.3) is 7.82 Å². The topological polar surface area (TPSA) is 108 Å². The van der Waals surface area contributed by atoms with E-state index < -0.39 is 20.0 Å². The Morgan fingerprint density at radius 3 is 1.05 bits per heavy atom. The number of unbranched alkanes of at least 4 members (excludes halogenated alkanes) is 49. The largest absolute Gasteiger partial charge is 0.756 e. The highest BCUT2D eigenvalue weighted by Gasteiger charge is 2.24. The zero-order valence-corrected chi connectivity index (χ0v) is 54.8. The second kappa shape index (κ2) is 61.5. The van der Waals surface area contributed by atoms with E-state index in [4.69, 9.17) is 9.05 Å². The highest BCUT2D eigenvalue weighted by atomic mass is 31.2. The Morgan fingerprint density at radius 2 is 0.734 bits per heavy atom. The van der Waals surface area contributed by atoms with Crippen molar-refractivity contribution in [3.63, 3.8) is 0 Å². The van der Waals surface area contributed by atoms with E-state index in [1.807, 2.05) is 21.1 Å². The van der Waals surface area contributed by atoms with Crippen LogP contribution in [0.1, 0.15) is 367 Å². The highest BCUT2D eigenvalue weighted by Crippen LogP contribution is 2.38. The van der Waals surface area contributed by atoms with Crippen LogP contribution in [0.5, 0.6) is 0 Å². The van der Waals surface area contributed by atoms with Gasteiger partial charge in [-0.15, -0.1) is 0 Å². The molecule has 0 spiro atoms. The molecule has 0 aliphatic heterocycles. The van der Waals surface area contributed by atoms with Crippen LogP contribution in [0.3, 0.4) is 0 Å². The van der Waals surface area contributed by atoms with Gasteiger partial charge in [-0.25, -0.2) is 0 Å². The van der Waals surface area contributed by atoms with Gasteiger partial charge in [-0.1, -0.05) is 340 Å². The Labute approximate surface area is 494 Å². The van der Waals surface area contributed by atoms with Gasteiger partial charge in [0.1, 0.15) is 13.2 Å². The van der Waals surface area contributed by atoms with E-state index in [9.17, 15) is 19.4 Å². The zero-order valence-electron chi connectivity index (χ0n) is 53.9. The molecular formula is C70H139N2O6P. The fourth-order valence-corrected chi connectivity index (χ4v) is 11.7. The SMILES string of the molecule is CCCCCCC/C=C\C/C=C\CCCCCCCCCCCCCCCCCCCCCCCCCCCC(=O)NC(COP(=O)([O-])OCC[N+](C)(C)C)C(O)CCCCCCCCCCCCCCCCCCCCCC. The maximum atomic E-state index is 13.0. The normalized spacial score (nSPS) is 13.8. The summed E-state index contributed by atoms with van der Waals surface area (Å²) in [5.41, 5.74) is 0. The van der Waals surface area contributed by atoms with Gasteiger partial charge in [0, 0.05) is 6.42 Å². The Morgan fingerprint density at radius 1 is 0.443 bits per heavy atom. The molecule has 0 aromatic carbocycles. The molecule has 9 heteroatoms. The quantitative estimate of drug-likeness (QED) is 0.0272. The summed E-state index contributed by atoms with van der Waals surface area (Å²) in [6.45, 7) is 4.77.